The van der Waals surface area contributed by atoms with E-state index in [1.807, 2.05) is 24.3 Å². The van der Waals surface area contributed by atoms with Crippen molar-refractivity contribution in [1.29, 1.82) is 0 Å². The molecule has 2 aromatic rings. The number of phenolic OH excluding ortho intramolecular Hbond substituents is 1. The lowest BCUT2D eigenvalue weighted by Crippen LogP contribution is -1.99. The molecule has 0 aliphatic heterocycles. The van der Waals surface area contributed by atoms with E-state index in [2.05, 4.69) is 5.32 Å². The third kappa shape index (κ3) is 2.64. The number of hydrogen-bond donors (Lipinski definition) is 2. The van der Waals surface area contributed by atoms with Gasteiger partial charge in [-0.25, -0.2) is 0 Å². The third-order valence-electron chi connectivity index (χ3n) is 2.43. The van der Waals surface area contributed by atoms with E-state index in [0.717, 1.165) is 11.4 Å². The molecule has 2 rings (SSSR count). The van der Waals surface area contributed by atoms with Crippen LogP contribution >= 0.6 is 0 Å². The van der Waals surface area contributed by atoms with Crippen LogP contribution in [0.25, 0.3) is 0 Å². The van der Waals surface area contributed by atoms with Gasteiger partial charge in [0.2, 0.25) is 0 Å². The van der Waals surface area contributed by atoms with Gasteiger partial charge in [0.05, 0.1) is 0 Å². The first-order valence-electron chi connectivity index (χ1n) is 5.33. The molecule has 0 spiro atoms. The summed E-state index contributed by atoms with van der Waals surface area (Å²) in [5.74, 6) is 0.198. The molecule has 0 atom stereocenters. The summed E-state index contributed by atoms with van der Waals surface area (Å²) in [7, 11) is 0. The van der Waals surface area contributed by atoms with Crippen molar-refractivity contribution < 1.29 is 9.90 Å². The van der Waals surface area contributed by atoms with Gasteiger partial charge in [-0.3, -0.25) is 4.79 Å². The molecule has 17 heavy (non-hydrogen) atoms. The third-order valence-corrected chi connectivity index (χ3v) is 2.43. The molecule has 0 saturated carbocycles. The number of Topliss-reactive ketones (excluding diaryl/α,β-unsaturated/α-hetero) is 1. The van der Waals surface area contributed by atoms with Gasteiger partial charge in [0, 0.05) is 23.0 Å². The van der Waals surface area contributed by atoms with Crippen LogP contribution < -0.4 is 5.32 Å². The monoisotopic (exact) mass is 227 g/mol. The van der Waals surface area contributed by atoms with E-state index >= 15 is 0 Å². The van der Waals surface area contributed by atoms with E-state index in [4.69, 9.17) is 0 Å². The van der Waals surface area contributed by atoms with Gasteiger partial charge in [-0.2, -0.15) is 0 Å². The molecule has 0 amide bonds. The Labute approximate surface area is 99.7 Å². The summed E-state index contributed by atoms with van der Waals surface area (Å²) in [6.45, 7) is 1.53. The maximum absolute atomic E-state index is 11.4. The smallest absolute Gasteiger partial charge is 0.161 e. The molecule has 0 aliphatic rings. The molecule has 0 aromatic heterocycles. The second-order valence-corrected chi connectivity index (χ2v) is 3.78. The number of para-hydroxylation sites is 1. The minimum absolute atomic E-state index is 0.00764. The summed E-state index contributed by atoms with van der Waals surface area (Å²) in [5, 5.41) is 12.5. The molecule has 0 aliphatic carbocycles. The van der Waals surface area contributed by atoms with Crippen LogP contribution in [-0.4, -0.2) is 10.9 Å². The van der Waals surface area contributed by atoms with Gasteiger partial charge in [-0.05, 0) is 31.2 Å². The van der Waals surface area contributed by atoms with Gasteiger partial charge < -0.3 is 10.4 Å². The Balaban J connectivity index is 2.33. The zero-order valence-corrected chi connectivity index (χ0v) is 9.47. The quantitative estimate of drug-likeness (QED) is 0.790. The normalized spacial score (nSPS) is 9.94. The first-order valence-corrected chi connectivity index (χ1v) is 5.33. The van der Waals surface area contributed by atoms with Gasteiger partial charge in [0.25, 0.3) is 0 Å². The van der Waals surface area contributed by atoms with Gasteiger partial charge in [0.1, 0.15) is 5.75 Å². The number of phenols is 1. The first kappa shape index (κ1) is 11.2. The van der Waals surface area contributed by atoms with E-state index < -0.39 is 0 Å². The van der Waals surface area contributed by atoms with Crippen molar-refractivity contribution in [2.75, 3.05) is 5.32 Å². The molecular formula is C14H13NO2. The van der Waals surface area contributed by atoms with E-state index in [1.165, 1.54) is 6.92 Å². The summed E-state index contributed by atoms with van der Waals surface area (Å²) in [5.41, 5.74) is 2.13. The van der Waals surface area contributed by atoms with E-state index in [9.17, 15) is 9.90 Å². The van der Waals surface area contributed by atoms with Crippen LogP contribution in [0.4, 0.5) is 11.4 Å². The van der Waals surface area contributed by atoms with Crippen molar-refractivity contribution in [2.45, 2.75) is 6.92 Å². The first-order chi connectivity index (χ1) is 8.16. The van der Waals surface area contributed by atoms with Crippen molar-refractivity contribution in [3.05, 3.63) is 54.1 Å². The predicted molar refractivity (Wildman–Crippen MR) is 67.8 cm³/mol. The van der Waals surface area contributed by atoms with Crippen molar-refractivity contribution in [3.8, 4) is 5.75 Å². The van der Waals surface area contributed by atoms with Crippen LogP contribution in [0.2, 0.25) is 0 Å². The molecule has 0 fully saturated rings. The van der Waals surface area contributed by atoms with Crippen LogP contribution in [0.1, 0.15) is 17.3 Å². The van der Waals surface area contributed by atoms with Crippen molar-refractivity contribution in [3.63, 3.8) is 0 Å². The van der Waals surface area contributed by atoms with Crippen LogP contribution in [-0.2, 0) is 0 Å². The summed E-state index contributed by atoms with van der Waals surface area (Å²) in [4.78, 5) is 11.4. The molecule has 0 heterocycles. The van der Waals surface area contributed by atoms with Crippen LogP contribution in [0.3, 0.4) is 0 Å². The summed E-state index contributed by atoms with van der Waals surface area (Å²) in [6, 6.07) is 14.1. The largest absolute Gasteiger partial charge is 0.508 e. The summed E-state index contributed by atoms with van der Waals surface area (Å²) >= 11 is 0. The maximum Gasteiger partial charge on any atom is 0.161 e. The Morgan fingerprint density at radius 2 is 1.88 bits per heavy atom. The van der Waals surface area contributed by atoms with Gasteiger partial charge in [-0.1, -0.05) is 18.2 Å². The highest BCUT2D eigenvalue weighted by atomic mass is 16.3. The number of nitrogens with one attached hydrogen (secondary N) is 1. The predicted octanol–water partition coefficient (Wildman–Crippen LogP) is 3.34. The molecule has 0 radical (unpaired) electrons. The van der Waals surface area contributed by atoms with Gasteiger partial charge in [0.15, 0.2) is 5.78 Å². The lowest BCUT2D eigenvalue weighted by atomic mass is 10.1. The van der Waals surface area contributed by atoms with Crippen molar-refractivity contribution in [2.24, 2.45) is 0 Å². The minimum Gasteiger partial charge on any atom is -0.508 e. The maximum atomic E-state index is 11.4. The molecular weight excluding hydrogens is 214 g/mol. The van der Waals surface area contributed by atoms with E-state index in [1.54, 1.807) is 24.3 Å². The topological polar surface area (TPSA) is 49.3 Å². The summed E-state index contributed by atoms with van der Waals surface area (Å²) in [6.07, 6.45) is 0. The number of carbonyl (C=O) groups is 1. The Morgan fingerprint density at radius 3 is 2.59 bits per heavy atom. The fraction of sp³-hybridized carbons (Fsp3) is 0.0714. The molecule has 2 N–H and O–H groups in total. The molecule has 86 valence electrons. The second-order valence-electron chi connectivity index (χ2n) is 3.78. The van der Waals surface area contributed by atoms with Crippen molar-refractivity contribution >= 4 is 17.2 Å². The standard InChI is InChI=1S/C14H13NO2/c1-10(16)13-7-2-3-8-14(13)15-11-5-4-6-12(17)9-11/h2-9,15,17H,1H3. The summed E-state index contributed by atoms with van der Waals surface area (Å²) < 4.78 is 0. The Morgan fingerprint density at radius 1 is 1.12 bits per heavy atom. The second kappa shape index (κ2) is 4.70. The SMILES string of the molecule is CC(=O)c1ccccc1Nc1cccc(O)c1. The fourth-order valence-electron chi connectivity index (χ4n) is 1.64. The molecule has 0 bridgehead atoms. The minimum atomic E-state index is 0.00764. The molecule has 3 heteroatoms. The number of hydrogen-bond acceptors (Lipinski definition) is 3. The number of aromatic hydroxyl groups is 1. The van der Waals surface area contributed by atoms with Gasteiger partial charge >= 0.3 is 0 Å². The van der Waals surface area contributed by atoms with Gasteiger partial charge in [-0.15, -0.1) is 0 Å². The highest BCUT2D eigenvalue weighted by Gasteiger charge is 2.06. The lowest BCUT2D eigenvalue weighted by Gasteiger charge is -2.10. The molecule has 0 saturated heterocycles. The van der Waals surface area contributed by atoms with E-state index in [0.29, 0.717) is 5.56 Å². The highest BCUT2D eigenvalue weighted by Crippen LogP contribution is 2.23. The average Bonchev–Trinajstić information content (AvgIpc) is 2.29. The van der Waals surface area contributed by atoms with Crippen LogP contribution in [0, 0.1) is 0 Å². The average molecular weight is 227 g/mol. The number of benzene rings is 2. The molecule has 3 nitrogen and oxygen atoms in total. The zero-order chi connectivity index (χ0) is 12.3. The number of rotatable bonds is 3. The number of anilines is 2. The van der Waals surface area contributed by atoms with Crippen LogP contribution in [0.15, 0.2) is 48.5 Å². The van der Waals surface area contributed by atoms with E-state index in [-0.39, 0.29) is 11.5 Å². The highest BCUT2D eigenvalue weighted by molar-refractivity contribution is 6.00. The lowest BCUT2D eigenvalue weighted by molar-refractivity contribution is 0.101. The Kier molecular flexibility index (Phi) is 3.10. The Bertz CT molecular complexity index is 549. The molecule has 0 unspecified atom stereocenters. The molecule has 2 aromatic carbocycles. The Hall–Kier alpha value is -2.29. The zero-order valence-electron chi connectivity index (χ0n) is 9.47. The number of ketones is 1. The van der Waals surface area contributed by atoms with Crippen molar-refractivity contribution in [1.82, 2.24) is 0 Å². The van der Waals surface area contributed by atoms with Crippen LogP contribution in [0.5, 0.6) is 5.75 Å². The number of carbonyl (C=O) groups excluding carboxylic acids is 1. The fourth-order valence-corrected chi connectivity index (χ4v) is 1.64.